The Kier molecular flexibility index (Phi) is 5.69. The number of likely N-dealkylation sites (tertiary alicyclic amines) is 1. The first kappa shape index (κ1) is 22.6. The highest BCUT2D eigenvalue weighted by Gasteiger charge is 2.28. The molecule has 3 aromatic rings. The minimum absolute atomic E-state index is 0.292. The highest BCUT2D eigenvalue weighted by molar-refractivity contribution is 5.93. The second-order valence-electron chi connectivity index (χ2n) is 10.3. The van der Waals surface area contributed by atoms with E-state index in [1.165, 1.54) is 12.5 Å². The van der Waals surface area contributed by atoms with Gasteiger partial charge in [0, 0.05) is 23.3 Å². The average Bonchev–Trinajstić information content (AvgIpc) is 3.20. The van der Waals surface area contributed by atoms with Crippen LogP contribution in [0.2, 0.25) is 0 Å². The molecule has 2 aliphatic rings. The number of nitrogens with zero attached hydrogens (tertiary/aromatic N) is 4. The van der Waals surface area contributed by atoms with Crippen molar-refractivity contribution in [2.24, 2.45) is 0 Å². The summed E-state index contributed by atoms with van der Waals surface area (Å²) in [4.78, 5) is 21.9. The SMILES string of the molecule is CN1CCCC1C#Cc1cccc2c1CCCN2c1nc(=O)n(C(C)(C)C)c2cccc(F)c12. The predicted octanol–water partition coefficient (Wildman–Crippen LogP) is 4.82. The molecule has 1 aromatic heterocycles. The van der Waals surface area contributed by atoms with Gasteiger partial charge in [-0.1, -0.05) is 24.0 Å². The Morgan fingerprint density at radius 2 is 1.88 bits per heavy atom. The molecular weight excluding hydrogens is 427 g/mol. The van der Waals surface area contributed by atoms with Gasteiger partial charge in [-0.2, -0.15) is 4.98 Å². The van der Waals surface area contributed by atoms with Crippen LogP contribution < -0.4 is 10.6 Å². The molecular formula is C28H31FN4O. The third kappa shape index (κ3) is 3.88. The van der Waals surface area contributed by atoms with E-state index in [4.69, 9.17) is 0 Å². The van der Waals surface area contributed by atoms with Crippen LogP contribution in [-0.2, 0) is 12.0 Å². The van der Waals surface area contributed by atoms with Crippen LogP contribution in [0.5, 0.6) is 0 Å². The van der Waals surface area contributed by atoms with E-state index in [2.05, 4.69) is 34.8 Å². The lowest BCUT2D eigenvalue weighted by Crippen LogP contribution is -2.38. The highest BCUT2D eigenvalue weighted by atomic mass is 19.1. The number of hydrogen-bond donors (Lipinski definition) is 0. The van der Waals surface area contributed by atoms with Gasteiger partial charge in [-0.25, -0.2) is 9.18 Å². The summed E-state index contributed by atoms with van der Waals surface area (Å²) in [5.41, 5.74) is 2.79. The van der Waals surface area contributed by atoms with Gasteiger partial charge in [-0.05, 0) is 89.9 Å². The molecule has 2 aliphatic heterocycles. The molecule has 1 atom stereocenters. The molecule has 0 spiro atoms. The summed E-state index contributed by atoms with van der Waals surface area (Å²) in [5, 5.41) is 0.383. The number of halogens is 1. The van der Waals surface area contributed by atoms with Crippen molar-refractivity contribution in [3.05, 3.63) is 63.8 Å². The Bertz CT molecular complexity index is 1380. The molecule has 0 N–H and O–H groups in total. The third-order valence-corrected chi connectivity index (χ3v) is 6.92. The number of benzene rings is 2. The van der Waals surface area contributed by atoms with E-state index in [-0.39, 0.29) is 11.5 Å². The van der Waals surface area contributed by atoms with Crippen molar-refractivity contribution in [3.8, 4) is 11.8 Å². The molecule has 1 unspecified atom stereocenters. The summed E-state index contributed by atoms with van der Waals surface area (Å²) in [5.74, 6) is 6.90. The molecule has 0 bridgehead atoms. The van der Waals surface area contributed by atoms with Crippen LogP contribution in [0.3, 0.4) is 0 Å². The summed E-state index contributed by atoms with van der Waals surface area (Å²) in [7, 11) is 2.12. The van der Waals surface area contributed by atoms with Crippen LogP contribution in [0.1, 0.15) is 51.2 Å². The summed E-state index contributed by atoms with van der Waals surface area (Å²) < 4.78 is 16.9. The average molecular weight is 459 g/mol. The van der Waals surface area contributed by atoms with Gasteiger partial charge in [0.15, 0.2) is 5.82 Å². The van der Waals surface area contributed by atoms with Crippen LogP contribution >= 0.6 is 0 Å². The molecule has 0 amide bonds. The Hall–Kier alpha value is -3.17. The van der Waals surface area contributed by atoms with Gasteiger partial charge >= 0.3 is 5.69 Å². The first-order valence-corrected chi connectivity index (χ1v) is 12.1. The lowest BCUT2D eigenvalue weighted by atomic mass is 9.95. The number of hydrogen-bond acceptors (Lipinski definition) is 4. The zero-order chi connectivity index (χ0) is 24.0. The second-order valence-corrected chi connectivity index (χ2v) is 10.3. The van der Waals surface area contributed by atoms with Crippen LogP contribution in [0, 0.1) is 17.7 Å². The maximum atomic E-state index is 15.3. The van der Waals surface area contributed by atoms with Gasteiger partial charge in [0.25, 0.3) is 0 Å². The zero-order valence-electron chi connectivity index (χ0n) is 20.4. The Morgan fingerprint density at radius 3 is 2.62 bits per heavy atom. The Balaban J connectivity index is 1.66. The maximum Gasteiger partial charge on any atom is 0.350 e. The number of aromatic nitrogens is 2. The molecule has 176 valence electrons. The fraction of sp³-hybridized carbons (Fsp3) is 0.429. The third-order valence-electron chi connectivity index (χ3n) is 6.92. The molecule has 3 heterocycles. The molecule has 6 heteroatoms. The maximum absolute atomic E-state index is 15.3. The smallest absolute Gasteiger partial charge is 0.325 e. The van der Waals surface area contributed by atoms with Crippen molar-refractivity contribution in [2.45, 2.75) is 58.0 Å². The van der Waals surface area contributed by atoms with Gasteiger partial charge in [0.2, 0.25) is 0 Å². The van der Waals surface area contributed by atoms with Gasteiger partial charge in [-0.3, -0.25) is 9.47 Å². The van der Waals surface area contributed by atoms with Crippen molar-refractivity contribution < 1.29 is 4.39 Å². The van der Waals surface area contributed by atoms with Gasteiger partial charge in [-0.15, -0.1) is 0 Å². The number of rotatable bonds is 1. The fourth-order valence-corrected chi connectivity index (χ4v) is 5.28. The van der Waals surface area contributed by atoms with E-state index >= 15 is 4.39 Å². The number of fused-ring (bicyclic) bond motifs is 2. The predicted molar refractivity (Wildman–Crippen MR) is 135 cm³/mol. The van der Waals surface area contributed by atoms with Crippen molar-refractivity contribution in [1.82, 2.24) is 14.5 Å². The molecule has 34 heavy (non-hydrogen) atoms. The van der Waals surface area contributed by atoms with Crippen molar-refractivity contribution in [3.63, 3.8) is 0 Å². The van der Waals surface area contributed by atoms with E-state index in [0.717, 1.165) is 42.6 Å². The highest BCUT2D eigenvalue weighted by Crippen LogP contribution is 2.38. The second kappa shape index (κ2) is 8.56. The van der Waals surface area contributed by atoms with Gasteiger partial charge in [0.1, 0.15) is 5.82 Å². The van der Waals surface area contributed by atoms with Crippen LogP contribution in [0.4, 0.5) is 15.9 Å². The monoisotopic (exact) mass is 458 g/mol. The number of anilines is 2. The van der Waals surface area contributed by atoms with E-state index in [1.807, 2.05) is 37.8 Å². The van der Waals surface area contributed by atoms with E-state index < -0.39 is 5.54 Å². The van der Waals surface area contributed by atoms with Crippen molar-refractivity contribution in [1.29, 1.82) is 0 Å². The summed E-state index contributed by atoms with van der Waals surface area (Å²) in [6, 6.07) is 11.3. The molecule has 0 radical (unpaired) electrons. The van der Waals surface area contributed by atoms with Crippen molar-refractivity contribution in [2.75, 3.05) is 25.0 Å². The minimum Gasteiger partial charge on any atom is -0.325 e. The molecule has 5 nitrogen and oxygen atoms in total. The van der Waals surface area contributed by atoms with E-state index in [1.54, 1.807) is 16.7 Å². The lowest BCUT2D eigenvalue weighted by Gasteiger charge is -2.33. The van der Waals surface area contributed by atoms with Crippen LogP contribution in [-0.4, -0.2) is 40.6 Å². The summed E-state index contributed by atoms with van der Waals surface area (Å²) >= 11 is 0. The summed E-state index contributed by atoms with van der Waals surface area (Å²) in [6.07, 6.45) is 4.07. The molecule has 0 saturated carbocycles. The van der Waals surface area contributed by atoms with Crippen LogP contribution in [0.15, 0.2) is 41.2 Å². The lowest BCUT2D eigenvalue weighted by molar-refractivity contribution is 0.365. The normalized spacial score (nSPS) is 18.6. The summed E-state index contributed by atoms with van der Waals surface area (Å²) in [6.45, 7) is 7.56. The Morgan fingerprint density at radius 1 is 1.09 bits per heavy atom. The first-order valence-electron chi connectivity index (χ1n) is 12.1. The standard InChI is InChI=1S/C28H31FN4O/c1-28(2,3)33-24-14-6-12-22(29)25(24)26(30-27(33)34)32-18-8-11-21-19(9-5-13-23(21)32)15-16-20-10-7-17-31(20)4/h5-6,9,12-14,20H,7-8,10-11,17-18H2,1-4H3. The van der Waals surface area contributed by atoms with Crippen molar-refractivity contribution >= 4 is 22.4 Å². The van der Waals surface area contributed by atoms with E-state index in [9.17, 15) is 4.79 Å². The molecule has 0 aliphatic carbocycles. The molecule has 1 fully saturated rings. The topological polar surface area (TPSA) is 41.4 Å². The minimum atomic E-state index is -0.523. The quantitative estimate of drug-likeness (QED) is 0.491. The molecule has 2 aromatic carbocycles. The molecule has 1 saturated heterocycles. The fourth-order valence-electron chi connectivity index (χ4n) is 5.28. The van der Waals surface area contributed by atoms with Crippen LogP contribution in [0.25, 0.3) is 10.9 Å². The first-order chi connectivity index (χ1) is 16.3. The largest absolute Gasteiger partial charge is 0.350 e. The van der Waals surface area contributed by atoms with Gasteiger partial charge < -0.3 is 4.90 Å². The molecule has 5 rings (SSSR count). The van der Waals surface area contributed by atoms with Gasteiger partial charge in [0.05, 0.1) is 16.9 Å². The van der Waals surface area contributed by atoms with E-state index in [0.29, 0.717) is 29.3 Å². The zero-order valence-corrected chi connectivity index (χ0v) is 20.4. The Labute approximate surface area is 200 Å².